The molecule has 0 spiro atoms. The van der Waals surface area contributed by atoms with E-state index in [2.05, 4.69) is 0 Å². The third-order valence-corrected chi connectivity index (χ3v) is 0.610. The Labute approximate surface area is 65.6 Å². The van der Waals surface area contributed by atoms with Gasteiger partial charge in [0.1, 0.15) is 0 Å². The Morgan fingerprint density at radius 1 is 1.44 bits per heavy atom. The van der Waals surface area contributed by atoms with Crippen molar-refractivity contribution >= 4 is 5.97 Å². The second-order valence-electron chi connectivity index (χ2n) is 2.84. The van der Waals surface area contributed by atoms with Crippen LogP contribution in [0.4, 0.5) is 0 Å². The van der Waals surface area contributed by atoms with Crippen molar-refractivity contribution in [2.45, 2.75) is 0 Å². The van der Waals surface area contributed by atoms with Crippen LogP contribution in [0.5, 0.6) is 0 Å². The maximum absolute atomic E-state index is 10.00. The summed E-state index contributed by atoms with van der Waals surface area (Å²) in [6, 6.07) is 0. The Morgan fingerprint density at radius 2 is 1.78 bits per heavy atom. The minimum atomic E-state index is -0.752. The number of quaternary nitrogens is 1. The van der Waals surface area contributed by atoms with Crippen LogP contribution in [0, 0.1) is 0 Å². The molecule has 4 heteroatoms. The first-order chi connectivity index (χ1) is 3.42. The molecule has 0 amide bonds. The molecule has 0 atom stereocenters. The maximum Gasteiger partial charge on any atom is 0.359 e. The van der Waals surface area contributed by atoms with Gasteiger partial charge in [0.15, 0.2) is 6.54 Å². The van der Waals surface area contributed by atoms with Crippen LogP contribution < -0.4 is 17.0 Å². The van der Waals surface area contributed by atoms with Gasteiger partial charge in [0.2, 0.25) is 0 Å². The number of hydrogen-bond donors (Lipinski definition) is 1. The molecule has 0 rings (SSSR count). The fourth-order valence-corrected chi connectivity index (χ4v) is 0.406. The van der Waals surface area contributed by atoms with Gasteiger partial charge in [0, 0.05) is 0 Å². The number of hydrogen-bond acceptors (Lipinski definition) is 1. The molecule has 0 fully saturated rings. The van der Waals surface area contributed by atoms with E-state index in [-0.39, 0.29) is 23.5 Å². The van der Waals surface area contributed by atoms with Crippen LogP contribution in [0.15, 0.2) is 0 Å². The number of halogens is 1. The zero-order valence-electron chi connectivity index (χ0n) is 5.89. The van der Waals surface area contributed by atoms with E-state index >= 15 is 0 Å². The molecule has 0 unspecified atom stereocenters. The molecule has 0 aromatic heterocycles. The Morgan fingerprint density at radius 3 is 1.78 bits per heavy atom. The summed E-state index contributed by atoms with van der Waals surface area (Å²) in [6.07, 6.45) is 0. The normalized spacial score (nSPS) is 10.1. The fourth-order valence-electron chi connectivity index (χ4n) is 0.406. The van der Waals surface area contributed by atoms with Gasteiger partial charge in [-0.2, -0.15) is 0 Å². The van der Waals surface area contributed by atoms with Crippen LogP contribution in [0.25, 0.3) is 0 Å². The summed E-state index contributed by atoms with van der Waals surface area (Å²) in [6.45, 7) is 0.181. The Balaban J connectivity index is 0. The van der Waals surface area contributed by atoms with E-state index in [0.717, 1.165) is 0 Å². The molecule has 0 radical (unpaired) electrons. The molecule has 0 saturated carbocycles. The van der Waals surface area contributed by atoms with Crippen LogP contribution in [0.2, 0.25) is 0 Å². The quantitative estimate of drug-likeness (QED) is 0.474. The smallest absolute Gasteiger partial charge is 0.359 e. The van der Waals surface area contributed by atoms with Gasteiger partial charge in [-0.3, -0.25) is 0 Å². The van der Waals surface area contributed by atoms with Gasteiger partial charge in [-0.05, 0) is 0 Å². The molecule has 0 aliphatic rings. The van der Waals surface area contributed by atoms with E-state index < -0.39 is 5.97 Å². The van der Waals surface area contributed by atoms with Gasteiger partial charge < -0.3 is 26.6 Å². The predicted molar refractivity (Wildman–Crippen MR) is 30.5 cm³/mol. The summed E-state index contributed by atoms with van der Waals surface area (Å²) in [5.41, 5.74) is 0. The standard InChI is InChI=1S/C5H11NO2.BrH/c1-6(2,3)4-5(7)8;/h4H2,1-3H3;1H. The summed E-state index contributed by atoms with van der Waals surface area (Å²) in [5, 5.41) is 8.23. The van der Waals surface area contributed by atoms with Gasteiger partial charge in [-0.1, -0.05) is 0 Å². The number of aliphatic carboxylic acids is 1. The topological polar surface area (TPSA) is 37.3 Å². The van der Waals surface area contributed by atoms with Crippen molar-refractivity contribution in [2.75, 3.05) is 27.7 Å². The SMILES string of the molecule is C[N+](C)(C)CC(=O)O.[Br-]. The summed E-state index contributed by atoms with van der Waals surface area (Å²) >= 11 is 0. The van der Waals surface area contributed by atoms with Crippen molar-refractivity contribution in [1.82, 2.24) is 0 Å². The third-order valence-electron chi connectivity index (χ3n) is 0.610. The first kappa shape index (κ1) is 11.7. The van der Waals surface area contributed by atoms with E-state index in [9.17, 15) is 4.79 Å². The van der Waals surface area contributed by atoms with Crippen LogP contribution in [0.3, 0.4) is 0 Å². The van der Waals surface area contributed by atoms with Gasteiger partial charge in [-0.25, -0.2) is 4.79 Å². The molecule has 3 nitrogen and oxygen atoms in total. The molecule has 1 N–H and O–H groups in total. The molecule has 56 valence electrons. The Hall–Kier alpha value is -0.0900. The minimum Gasteiger partial charge on any atom is -1.00 e. The number of nitrogens with zero attached hydrogens (tertiary/aromatic N) is 1. The Kier molecular flexibility index (Phi) is 4.99. The highest BCUT2D eigenvalue weighted by atomic mass is 79.9. The van der Waals surface area contributed by atoms with Crippen molar-refractivity contribution in [3.63, 3.8) is 0 Å². The zero-order valence-corrected chi connectivity index (χ0v) is 7.47. The second-order valence-corrected chi connectivity index (χ2v) is 2.84. The highest BCUT2D eigenvalue weighted by Gasteiger charge is 2.11. The number of carboxylic acid groups (broad SMARTS) is 1. The van der Waals surface area contributed by atoms with Crippen molar-refractivity contribution in [3.8, 4) is 0 Å². The summed E-state index contributed by atoms with van der Waals surface area (Å²) in [5.74, 6) is -0.752. The van der Waals surface area contributed by atoms with E-state index in [0.29, 0.717) is 4.48 Å². The van der Waals surface area contributed by atoms with Gasteiger partial charge in [0.05, 0.1) is 21.1 Å². The molecular weight excluding hydrogens is 186 g/mol. The summed E-state index contributed by atoms with van der Waals surface area (Å²) < 4.78 is 0.481. The average Bonchev–Trinajstić information content (AvgIpc) is 1.21. The summed E-state index contributed by atoms with van der Waals surface area (Å²) in [4.78, 5) is 10.00. The molecule has 0 bridgehead atoms. The highest BCUT2D eigenvalue weighted by molar-refractivity contribution is 5.67. The second kappa shape index (κ2) is 3.85. The monoisotopic (exact) mass is 197 g/mol. The Bertz CT molecular complexity index is 97.6. The lowest BCUT2D eigenvalue weighted by Gasteiger charge is -2.20. The van der Waals surface area contributed by atoms with Crippen LogP contribution in [0.1, 0.15) is 0 Å². The summed E-state index contributed by atoms with van der Waals surface area (Å²) in [7, 11) is 5.52. The van der Waals surface area contributed by atoms with E-state index in [1.807, 2.05) is 21.1 Å². The van der Waals surface area contributed by atoms with Gasteiger partial charge in [-0.15, -0.1) is 0 Å². The lowest BCUT2D eigenvalue weighted by molar-refractivity contribution is -0.862. The number of carboxylic acids is 1. The molecule has 0 aliphatic carbocycles. The first-order valence-electron chi connectivity index (χ1n) is 2.44. The highest BCUT2D eigenvalue weighted by Crippen LogP contribution is 1.86. The van der Waals surface area contributed by atoms with E-state index in [4.69, 9.17) is 5.11 Å². The van der Waals surface area contributed by atoms with Gasteiger partial charge in [0.25, 0.3) is 0 Å². The molecule has 0 aromatic carbocycles. The molecule has 9 heavy (non-hydrogen) atoms. The van der Waals surface area contributed by atoms with Gasteiger partial charge >= 0.3 is 5.97 Å². The van der Waals surface area contributed by atoms with E-state index in [1.165, 1.54) is 0 Å². The van der Waals surface area contributed by atoms with Crippen LogP contribution >= 0.6 is 0 Å². The van der Waals surface area contributed by atoms with Crippen molar-refractivity contribution in [1.29, 1.82) is 0 Å². The minimum absolute atomic E-state index is 0. The molecule has 0 saturated heterocycles. The van der Waals surface area contributed by atoms with Crippen molar-refractivity contribution in [2.24, 2.45) is 0 Å². The third kappa shape index (κ3) is 11.5. The maximum atomic E-state index is 10.00. The molecular formula is C5H12BrNO2. The number of likely N-dealkylation sites (N-methyl/N-ethyl adjacent to an activating group) is 1. The van der Waals surface area contributed by atoms with Crippen LogP contribution in [-0.4, -0.2) is 43.2 Å². The molecule has 0 aromatic rings. The first-order valence-corrected chi connectivity index (χ1v) is 2.44. The largest absolute Gasteiger partial charge is 1.00 e. The fraction of sp³-hybridized carbons (Fsp3) is 0.800. The zero-order chi connectivity index (χ0) is 6.78. The number of carbonyl (C=O) groups is 1. The number of rotatable bonds is 2. The average molecular weight is 198 g/mol. The predicted octanol–water partition coefficient (Wildman–Crippen LogP) is -3.22. The molecule has 0 aliphatic heterocycles. The van der Waals surface area contributed by atoms with Crippen molar-refractivity contribution in [3.05, 3.63) is 0 Å². The molecule has 0 heterocycles. The lowest BCUT2D eigenvalue weighted by atomic mass is 10.5. The van der Waals surface area contributed by atoms with E-state index in [1.54, 1.807) is 0 Å². The lowest BCUT2D eigenvalue weighted by Crippen LogP contribution is -3.00. The van der Waals surface area contributed by atoms with Crippen molar-refractivity contribution < 1.29 is 31.4 Å². The van der Waals surface area contributed by atoms with Crippen LogP contribution in [-0.2, 0) is 4.79 Å².